The summed E-state index contributed by atoms with van der Waals surface area (Å²) in [6.45, 7) is 6.43. The standard InChI is InChI=1S/C16H26N2O3S/c1-12-8-13(2)10-15(9-12)11-14(3)18-16(19)17-6-5-7-22(4,20)21/h8-10,14H,5-7,11H2,1-4H3,(H2,17,18,19)/t14-/m0/s1. The topological polar surface area (TPSA) is 75.3 Å². The highest BCUT2D eigenvalue weighted by atomic mass is 32.2. The van der Waals surface area contributed by atoms with Crippen LogP contribution in [0.5, 0.6) is 0 Å². The normalized spacial score (nSPS) is 12.7. The van der Waals surface area contributed by atoms with E-state index in [4.69, 9.17) is 0 Å². The zero-order chi connectivity index (χ0) is 16.8. The molecule has 0 aliphatic carbocycles. The number of aryl methyl sites for hydroxylation is 2. The summed E-state index contributed by atoms with van der Waals surface area (Å²) in [5, 5.41) is 5.55. The molecule has 2 N–H and O–H groups in total. The van der Waals surface area contributed by atoms with Crippen LogP contribution in [-0.2, 0) is 16.3 Å². The molecule has 0 aliphatic rings. The molecule has 2 amide bonds. The SMILES string of the molecule is Cc1cc(C)cc(C[C@H](C)NC(=O)NCCCS(C)(=O)=O)c1. The maximum atomic E-state index is 11.7. The molecule has 0 bridgehead atoms. The Kier molecular flexibility index (Phi) is 6.87. The summed E-state index contributed by atoms with van der Waals surface area (Å²) < 4.78 is 22.0. The van der Waals surface area contributed by atoms with E-state index in [1.165, 1.54) is 22.9 Å². The van der Waals surface area contributed by atoms with Gasteiger partial charge in [-0.15, -0.1) is 0 Å². The molecule has 1 aromatic carbocycles. The van der Waals surface area contributed by atoms with Crippen LogP contribution in [0, 0.1) is 13.8 Å². The van der Waals surface area contributed by atoms with Crippen molar-refractivity contribution in [2.45, 2.75) is 39.7 Å². The Morgan fingerprint density at radius 1 is 1.18 bits per heavy atom. The number of nitrogens with one attached hydrogen (secondary N) is 2. The van der Waals surface area contributed by atoms with Gasteiger partial charge in [0.15, 0.2) is 0 Å². The van der Waals surface area contributed by atoms with E-state index in [2.05, 4.69) is 42.7 Å². The maximum absolute atomic E-state index is 11.7. The van der Waals surface area contributed by atoms with Crippen LogP contribution in [0.2, 0.25) is 0 Å². The summed E-state index contributed by atoms with van der Waals surface area (Å²) >= 11 is 0. The zero-order valence-corrected chi connectivity index (χ0v) is 14.6. The number of rotatable bonds is 7. The minimum absolute atomic E-state index is 0.0103. The third-order valence-corrected chi connectivity index (χ3v) is 4.21. The lowest BCUT2D eigenvalue weighted by molar-refractivity contribution is 0.237. The molecule has 1 atom stereocenters. The molecule has 0 heterocycles. The molecule has 0 unspecified atom stereocenters. The monoisotopic (exact) mass is 326 g/mol. The van der Waals surface area contributed by atoms with Crippen molar-refractivity contribution >= 4 is 15.9 Å². The molecule has 1 aromatic rings. The van der Waals surface area contributed by atoms with E-state index in [9.17, 15) is 13.2 Å². The van der Waals surface area contributed by atoms with Crippen LogP contribution in [0.1, 0.15) is 30.0 Å². The molecule has 0 saturated heterocycles. The molecule has 6 heteroatoms. The molecule has 5 nitrogen and oxygen atoms in total. The van der Waals surface area contributed by atoms with Gasteiger partial charge in [0, 0.05) is 18.8 Å². The first-order chi connectivity index (χ1) is 10.2. The minimum Gasteiger partial charge on any atom is -0.338 e. The van der Waals surface area contributed by atoms with Crippen LogP contribution in [0.15, 0.2) is 18.2 Å². The fourth-order valence-corrected chi connectivity index (χ4v) is 3.07. The molecule has 0 aliphatic heterocycles. The second-order valence-electron chi connectivity index (χ2n) is 5.98. The van der Waals surface area contributed by atoms with Gasteiger partial charge < -0.3 is 10.6 Å². The molecular weight excluding hydrogens is 300 g/mol. The van der Waals surface area contributed by atoms with E-state index in [1.54, 1.807) is 0 Å². The van der Waals surface area contributed by atoms with Gasteiger partial charge in [0.25, 0.3) is 0 Å². The van der Waals surface area contributed by atoms with Crippen LogP contribution in [0.25, 0.3) is 0 Å². The van der Waals surface area contributed by atoms with Gasteiger partial charge in [-0.2, -0.15) is 0 Å². The third-order valence-electron chi connectivity index (χ3n) is 3.18. The summed E-state index contributed by atoms with van der Waals surface area (Å²) in [6.07, 6.45) is 2.38. The number of carbonyl (C=O) groups is 1. The molecule has 0 saturated carbocycles. The number of carbonyl (C=O) groups excluding carboxylic acids is 1. The lowest BCUT2D eigenvalue weighted by atomic mass is 10.0. The Labute approximate surface area is 133 Å². The van der Waals surface area contributed by atoms with Crippen molar-refractivity contribution in [1.82, 2.24) is 10.6 Å². The first-order valence-electron chi connectivity index (χ1n) is 7.45. The fraction of sp³-hybridized carbons (Fsp3) is 0.562. The van der Waals surface area contributed by atoms with Crippen molar-refractivity contribution in [3.05, 3.63) is 34.9 Å². The summed E-state index contributed by atoms with van der Waals surface area (Å²) in [6, 6.07) is 6.11. The van der Waals surface area contributed by atoms with E-state index < -0.39 is 9.84 Å². The molecule has 0 spiro atoms. The van der Waals surface area contributed by atoms with Crippen molar-refractivity contribution in [3.8, 4) is 0 Å². The Morgan fingerprint density at radius 3 is 2.32 bits per heavy atom. The van der Waals surface area contributed by atoms with Gasteiger partial charge in [-0.05, 0) is 39.2 Å². The number of urea groups is 1. The summed E-state index contributed by atoms with van der Waals surface area (Å²) in [4.78, 5) is 11.7. The Hall–Kier alpha value is -1.56. The summed E-state index contributed by atoms with van der Waals surface area (Å²) in [5.41, 5.74) is 3.63. The quantitative estimate of drug-likeness (QED) is 0.752. The van der Waals surface area contributed by atoms with Crippen LogP contribution < -0.4 is 10.6 Å². The van der Waals surface area contributed by atoms with Gasteiger partial charge in [0.1, 0.15) is 9.84 Å². The van der Waals surface area contributed by atoms with Crippen molar-refractivity contribution in [2.24, 2.45) is 0 Å². The summed E-state index contributed by atoms with van der Waals surface area (Å²) in [7, 11) is -2.97. The molecule has 1 rings (SSSR count). The maximum Gasteiger partial charge on any atom is 0.315 e. The highest BCUT2D eigenvalue weighted by molar-refractivity contribution is 7.90. The van der Waals surface area contributed by atoms with E-state index in [-0.39, 0.29) is 17.8 Å². The van der Waals surface area contributed by atoms with E-state index in [0.29, 0.717) is 13.0 Å². The number of hydrogen-bond acceptors (Lipinski definition) is 3. The molecule has 0 radical (unpaired) electrons. The van der Waals surface area contributed by atoms with Crippen molar-refractivity contribution < 1.29 is 13.2 Å². The predicted molar refractivity (Wildman–Crippen MR) is 89.9 cm³/mol. The zero-order valence-electron chi connectivity index (χ0n) is 13.8. The Bertz CT molecular complexity index is 592. The number of amides is 2. The van der Waals surface area contributed by atoms with E-state index in [1.807, 2.05) is 6.92 Å². The smallest absolute Gasteiger partial charge is 0.315 e. The molecule has 124 valence electrons. The van der Waals surface area contributed by atoms with Gasteiger partial charge >= 0.3 is 6.03 Å². The van der Waals surface area contributed by atoms with Gasteiger partial charge in [0.2, 0.25) is 0 Å². The van der Waals surface area contributed by atoms with Gasteiger partial charge in [-0.3, -0.25) is 0 Å². The second-order valence-corrected chi connectivity index (χ2v) is 8.24. The van der Waals surface area contributed by atoms with Gasteiger partial charge in [0.05, 0.1) is 5.75 Å². The first-order valence-corrected chi connectivity index (χ1v) is 9.51. The molecule has 0 aromatic heterocycles. The Morgan fingerprint density at radius 2 is 1.77 bits per heavy atom. The lowest BCUT2D eigenvalue weighted by Crippen LogP contribution is -2.42. The fourth-order valence-electron chi connectivity index (χ4n) is 2.40. The number of sulfone groups is 1. The average Bonchev–Trinajstić information content (AvgIpc) is 2.31. The number of benzene rings is 1. The molecule has 22 heavy (non-hydrogen) atoms. The van der Waals surface area contributed by atoms with Crippen molar-refractivity contribution in [2.75, 3.05) is 18.6 Å². The van der Waals surface area contributed by atoms with E-state index >= 15 is 0 Å². The van der Waals surface area contributed by atoms with Crippen molar-refractivity contribution in [3.63, 3.8) is 0 Å². The largest absolute Gasteiger partial charge is 0.338 e. The predicted octanol–water partition coefficient (Wildman–Crippen LogP) is 1.97. The Balaban J connectivity index is 2.35. The van der Waals surface area contributed by atoms with Gasteiger partial charge in [-0.1, -0.05) is 29.3 Å². The number of hydrogen-bond donors (Lipinski definition) is 2. The van der Waals surface area contributed by atoms with Crippen LogP contribution in [0.4, 0.5) is 4.79 Å². The third kappa shape index (κ3) is 8.02. The highest BCUT2D eigenvalue weighted by Crippen LogP contribution is 2.10. The van der Waals surface area contributed by atoms with Gasteiger partial charge in [-0.25, -0.2) is 13.2 Å². The first kappa shape index (κ1) is 18.5. The van der Waals surface area contributed by atoms with Crippen LogP contribution in [-0.4, -0.2) is 39.0 Å². The average molecular weight is 326 g/mol. The second kappa shape index (κ2) is 8.17. The molecular formula is C16H26N2O3S. The highest BCUT2D eigenvalue weighted by Gasteiger charge is 2.09. The van der Waals surface area contributed by atoms with Crippen LogP contribution >= 0.6 is 0 Å². The lowest BCUT2D eigenvalue weighted by Gasteiger charge is -2.15. The molecule has 0 fully saturated rings. The van der Waals surface area contributed by atoms with Crippen LogP contribution in [0.3, 0.4) is 0 Å². The minimum atomic E-state index is -2.97. The van der Waals surface area contributed by atoms with E-state index in [0.717, 1.165) is 6.42 Å². The van der Waals surface area contributed by atoms with Crippen molar-refractivity contribution in [1.29, 1.82) is 0 Å². The summed E-state index contributed by atoms with van der Waals surface area (Å²) in [5.74, 6) is 0.0887.